The lowest BCUT2D eigenvalue weighted by molar-refractivity contribution is 0.0697. The van der Waals surface area contributed by atoms with Gasteiger partial charge in [0.15, 0.2) is 11.5 Å². The standard InChI is InChI=1S/C23H20Cl2FNO4/c1-2-30-22-9-14(12-27-17-6-7-18(23(28)29)20(25)11-17)3-8-21(22)31-13-15-4-5-16(26)10-19(15)24/h3-11,27H,2,12-13H2,1H3,(H,28,29). The molecule has 0 saturated heterocycles. The summed E-state index contributed by atoms with van der Waals surface area (Å²) in [4.78, 5) is 11.1. The zero-order chi connectivity index (χ0) is 22.4. The smallest absolute Gasteiger partial charge is 0.337 e. The van der Waals surface area contributed by atoms with E-state index in [9.17, 15) is 9.18 Å². The molecule has 2 N–H and O–H groups in total. The number of carboxylic acids is 1. The van der Waals surface area contributed by atoms with E-state index in [0.29, 0.717) is 40.9 Å². The molecule has 0 aliphatic rings. The van der Waals surface area contributed by atoms with Crippen LogP contribution in [0.1, 0.15) is 28.4 Å². The minimum atomic E-state index is -1.07. The molecule has 0 fully saturated rings. The van der Waals surface area contributed by atoms with Crippen LogP contribution in [-0.4, -0.2) is 17.7 Å². The van der Waals surface area contributed by atoms with Gasteiger partial charge in [0, 0.05) is 17.8 Å². The average Bonchev–Trinajstić information content (AvgIpc) is 2.72. The van der Waals surface area contributed by atoms with E-state index in [4.69, 9.17) is 37.8 Å². The van der Waals surface area contributed by atoms with Crippen LogP contribution in [0.5, 0.6) is 11.5 Å². The van der Waals surface area contributed by atoms with Gasteiger partial charge in [-0.1, -0.05) is 35.3 Å². The Kier molecular flexibility index (Phi) is 7.60. The molecule has 3 aromatic rings. The summed E-state index contributed by atoms with van der Waals surface area (Å²) < 4.78 is 24.7. The van der Waals surface area contributed by atoms with Crippen LogP contribution < -0.4 is 14.8 Å². The van der Waals surface area contributed by atoms with Gasteiger partial charge in [-0.2, -0.15) is 0 Å². The van der Waals surface area contributed by atoms with Crippen LogP contribution in [-0.2, 0) is 13.2 Å². The molecule has 3 rings (SSSR count). The van der Waals surface area contributed by atoms with Crippen molar-refractivity contribution >= 4 is 34.9 Å². The summed E-state index contributed by atoms with van der Waals surface area (Å²) in [6.45, 7) is 2.96. The van der Waals surface area contributed by atoms with E-state index >= 15 is 0 Å². The Bertz CT molecular complexity index is 1090. The highest BCUT2D eigenvalue weighted by molar-refractivity contribution is 6.33. The highest BCUT2D eigenvalue weighted by atomic mass is 35.5. The summed E-state index contributed by atoms with van der Waals surface area (Å²) in [6.07, 6.45) is 0. The SMILES string of the molecule is CCOc1cc(CNc2ccc(C(=O)O)c(Cl)c2)ccc1OCc1ccc(F)cc1Cl. The topological polar surface area (TPSA) is 67.8 Å². The third-order valence-electron chi connectivity index (χ3n) is 4.40. The van der Waals surface area contributed by atoms with Crippen molar-refractivity contribution in [2.75, 3.05) is 11.9 Å². The van der Waals surface area contributed by atoms with Gasteiger partial charge in [-0.05, 0) is 55.0 Å². The van der Waals surface area contributed by atoms with Gasteiger partial charge in [0.1, 0.15) is 12.4 Å². The number of rotatable bonds is 9. The fourth-order valence-corrected chi connectivity index (χ4v) is 3.33. The summed E-state index contributed by atoms with van der Waals surface area (Å²) in [5.74, 6) is -0.367. The predicted molar refractivity (Wildman–Crippen MR) is 119 cm³/mol. The molecular weight excluding hydrogens is 444 g/mol. The quantitative estimate of drug-likeness (QED) is 0.383. The van der Waals surface area contributed by atoms with Crippen LogP contribution in [0.15, 0.2) is 54.6 Å². The molecule has 0 aliphatic heterocycles. The third kappa shape index (κ3) is 6.03. The normalized spacial score (nSPS) is 10.6. The zero-order valence-electron chi connectivity index (χ0n) is 16.6. The molecule has 8 heteroatoms. The number of hydrogen-bond acceptors (Lipinski definition) is 4. The minimum absolute atomic E-state index is 0.0496. The molecule has 0 amide bonds. The zero-order valence-corrected chi connectivity index (χ0v) is 18.1. The molecule has 0 atom stereocenters. The third-order valence-corrected chi connectivity index (χ3v) is 5.07. The number of benzene rings is 3. The number of aromatic carboxylic acids is 1. The van der Waals surface area contributed by atoms with Crippen molar-refractivity contribution in [3.63, 3.8) is 0 Å². The molecule has 0 saturated carbocycles. The average molecular weight is 464 g/mol. The maximum absolute atomic E-state index is 13.2. The van der Waals surface area contributed by atoms with Gasteiger partial charge in [-0.25, -0.2) is 9.18 Å². The number of ether oxygens (including phenoxy) is 2. The first-order chi connectivity index (χ1) is 14.9. The summed E-state index contributed by atoms with van der Waals surface area (Å²) in [5, 5.41) is 12.7. The molecule has 0 aliphatic carbocycles. The van der Waals surface area contributed by atoms with Crippen molar-refractivity contribution in [1.29, 1.82) is 0 Å². The van der Waals surface area contributed by atoms with Crippen molar-refractivity contribution in [3.8, 4) is 11.5 Å². The van der Waals surface area contributed by atoms with Gasteiger partial charge in [-0.3, -0.25) is 0 Å². The van der Waals surface area contributed by atoms with Crippen LogP contribution >= 0.6 is 23.2 Å². The number of carboxylic acid groups (broad SMARTS) is 1. The van der Waals surface area contributed by atoms with E-state index in [-0.39, 0.29) is 17.2 Å². The lowest BCUT2D eigenvalue weighted by Gasteiger charge is -2.15. The van der Waals surface area contributed by atoms with Crippen molar-refractivity contribution < 1.29 is 23.8 Å². The number of nitrogens with one attached hydrogen (secondary N) is 1. The highest BCUT2D eigenvalue weighted by Crippen LogP contribution is 2.31. The van der Waals surface area contributed by atoms with Gasteiger partial charge in [0.25, 0.3) is 0 Å². The van der Waals surface area contributed by atoms with E-state index in [1.54, 1.807) is 24.3 Å². The lowest BCUT2D eigenvalue weighted by Crippen LogP contribution is -2.04. The largest absolute Gasteiger partial charge is 0.490 e. The molecule has 0 bridgehead atoms. The number of hydrogen-bond donors (Lipinski definition) is 2. The fourth-order valence-electron chi connectivity index (χ4n) is 2.85. The van der Waals surface area contributed by atoms with Crippen LogP contribution in [0.3, 0.4) is 0 Å². The number of anilines is 1. The first-order valence-electron chi connectivity index (χ1n) is 9.46. The van der Waals surface area contributed by atoms with Crippen LogP contribution in [0, 0.1) is 5.82 Å². The van der Waals surface area contributed by atoms with E-state index in [2.05, 4.69) is 5.32 Å². The van der Waals surface area contributed by atoms with Gasteiger partial charge < -0.3 is 19.9 Å². The number of halogens is 3. The highest BCUT2D eigenvalue weighted by Gasteiger charge is 2.11. The van der Waals surface area contributed by atoms with E-state index in [1.165, 1.54) is 18.2 Å². The van der Waals surface area contributed by atoms with Crippen molar-refractivity contribution in [1.82, 2.24) is 0 Å². The Hall–Kier alpha value is -2.96. The molecule has 0 aromatic heterocycles. The van der Waals surface area contributed by atoms with Crippen LogP contribution in [0.25, 0.3) is 0 Å². The molecule has 0 unspecified atom stereocenters. The maximum Gasteiger partial charge on any atom is 0.337 e. The molecule has 0 spiro atoms. The van der Waals surface area contributed by atoms with Crippen LogP contribution in [0.4, 0.5) is 10.1 Å². The van der Waals surface area contributed by atoms with Gasteiger partial charge in [-0.15, -0.1) is 0 Å². The Balaban J connectivity index is 1.69. The Morgan fingerprint density at radius 3 is 2.48 bits per heavy atom. The Morgan fingerprint density at radius 2 is 1.81 bits per heavy atom. The Labute approximate surface area is 189 Å². The lowest BCUT2D eigenvalue weighted by atomic mass is 10.1. The van der Waals surface area contributed by atoms with Crippen LogP contribution in [0.2, 0.25) is 10.0 Å². The minimum Gasteiger partial charge on any atom is -0.490 e. The Morgan fingerprint density at radius 1 is 1.00 bits per heavy atom. The van der Waals surface area contributed by atoms with Gasteiger partial charge >= 0.3 is 5.97 Å². The summed E-state index contributed by atoms with van der Waals surface area (Å²) in [6, 6.07) is 14.4. The van der Waals surface area contributed by atoms with E-state index < -0.39 is 11.8 Å². The second-order valence-electron chi connectivity index (χ2n) is 6.59. The maximum atomic E-state index is 13.2. The molecule has 31 heavy (non-hydrogen) atoms. The second kappa shape index (κ2) is 10.4. The summed E-state index contributed by atoms with van der Waals surface area (Å²) in [7, 11) is 0. The molecule has 3 aromatic carbocycles. The van der Waals surface area contributed by atoms with Crippen molar-refractivity contribution in [3.05, 3.63) is 87.2 Å². The molecule has 0 radical (unpaired) electrons. The fraction of sp³-hybridized carbons (Fsp3) is 0.174. The first kappa shape index (κ1) is 22.7. The molecule has 162 valence electrons. The molecule has 0 heterocycles. The second-order valence-corrected chi connectivity index (χ2v) is 7.41. The monoisotopic (exact) mass is 463 g/mol. The van der Waals surface area contributed by atoms with Crippen molar-refractivity contribution in [2.24, 2.45) is 0 Å². The summed E-state index contributed by atoms with van der Waals surface area (Å²) in [5.41, 5.74) is 2.33. The van der Waals surface area contributed by atoms with E-state index in [1.807, 2.05) is 19.1 Å². The van der Waals surface area contributed by atoms with Crippen molar-refractivity contribution in [2.45, 2.75) is 20.1 Å². The first-order valence-corrected chi connectivity index (χ1v) is 10.2. The van der Waals surface area contributed by atoms with E-state index in [0.717, 1.165) is 5.56 Å². The molecular formula is C23H20Cl2FNO4. The molecule has 5 nitrogen and oxygen atoms in total. The van der Waals surface area contributed by atoms with Gasteiger partial charge in [0.05, 0.1) is 22.2 Å². The summed E-state index contributed by atoms with van der Waals surface area (Å²) >= 11 is 12.1. The number of carbonyl (C=O) groups is 1. The van der Waals surface area contributed by atoms with Gasteiger partial charge in [0.2, 0.25) is 0 Å². The predicted octanol–water partition coefficient (Wildman–Crippen LogP) is 6.42.